The molecule has 5 heteroatoms. The summed E-state index contributed by atoms with van der Waals surface area (Å²) in [6.07, 6.45) is 6.55. The first-order valence-corrected chi connectivity index (χ1v) is 11.4. The lowest BCUT2D eigenvalue weighted by molar-refractivity contribution is 0.0173. The zero-order chi connectivity index (χ0) is 20.7. The molecule has 29 heavy (non-hydrogen) atoms. The van der Waals surface area contributed by atoms with Gasteiger partial charge in [-0.2, -0.15) is 0 Å². The smallest absolute Gasteiger partial charge is 0.191 e. The van der Waals surface area contributed by atoms with Gasteiger partial charge < -0.3 is 15.5 Å². The zero-order valence-electron chi connectivity index (χ0n) is 19.0. The maximum atomic E-state index is 4.53. The van der Waals surface area contributed by atoms with Gasteiger partial charge >= 0.3 is 0 Å². The lowest BCUT2D eigenvalue weighted by Gasteiger charge is -2.50. The van der Waals surface area contributed by atoms with Crippen molar-refractivity contribution in [1.29, 1.82) is 0 Å². The van der Waals surface area contributed by atoms with E-state index >= 15 is 0 Å². The van der Waals surface area contributed by atoms with Crippen LogP contribution >= 0.6 is 0 Å². The van der Waals surface area contributed by atoms with Gasteiger partial charge in [-0.1, -0.05) is 50.6 Å². The largest absolute Gasteiger partial charge is 0.356 e. The van der Waals surface area contributed by atoms with Crippen molar-refractivity contribution in [3.63, 3.8) is 0 Å². The lowest BCUT2D eigenvalue weighted by atomic mass is 9.84. The van der Waals surface area contributed by atoms with E-state index < -0.39 is 0 Å². The first kappa shape index (κ1) is 22.1. The van der Waals surface area contributed by atoms with Crippen molar-refractivity contribution in [3.05, 3.63) is 35.9 Å². The van der Waals surface area contributed by atoms with E-state index in [1.54, 1.807) is 0 Å². The normalized spacial score (nSPS) is 21.7. The van der Waals surface area contributed by atoms with Gasteiger partial charge in [-0.3, -0.25) is 9.89 Å². The molecule has 2 fully saturated rings. The fourth-order valence-corrected chi connectivity index (χ4v) is 4.77. The Kier molecular flexibility index (Phi) is 7.58. The maximum absolute atomic E-state index is 4.53. The minimum absolute atomic E-state index is 0.0526. The van der Waals surface area contributed by atoms with E-state index in [0.29, 0.717) is 0 Å². The molecule has 0 saturated carbocycles. The lowest BCUT2D eigenvalue weighted by Crippen LogP contribution is -2.62. The minimum atomic E-state index is 0.0526. The summed E-state index contributed by atoms with van der Waals surface area (Å²) in [5.41, 5.74) is 1.67. The highest BCUT2D eigenvalue weighted by molar-refractivity contribution is 5.79. The van der Waals surface area contributed by atoms with Crippen molar-refractivity contribution in [2.45, 2.75) is 56.9 Å². The predicted molar refractivity (Wildman–Crippen MR) is 124 cm³/mol. The number of rotatable bonds is 6. The number of likely N-dealkylation sites (tertiary alicyclic amines) is 2. The molecule has 1 aromatic rings. The van der Waals surface area contributed by atoms with Gasteiger partial charge in [0, 0.05) is 31.1 Å². The molecule has 2 aliphatic heterocycles. The summed E-state index contributed by atoms with van der Waals surface area (Å²) in [6, 6.07) is 10.7. The monoisotopic (exact) mass is 399 g/mol. The molecule has 0 bridgehead atoms. The third-order valence-corrected chi connectivity index (χ3v) is 7.01. The molecule has 2 saturated heterocycles. The molecule has 2 aliphatic rings. The number of nitrogens with zero attached hydrogens (tertiary/aromatic N) is 3. The quantitative estimate of drug-likeness (QED) is 0.570. The Bertz CT molecular complexity index is 640. The third-order valence-electron chi connectivity index (χ3n) is 7.01. The summed E-state index contributed by atoms with van der Waals surface area (Å²) in [5, 5.41) is 7.28. The van der Waals surface area contributed by atoms with E-state index in [1.165, 1.54) is 63.8 Å². The van der Waals surface area contributed by atoms with Gasteiger partial charge in [0.15, 0.2) is 5.96 Å². The Labute approximate surface area is 178 Å². The Morgan fingerprint density at radius 1 is 1.00 bits per heavy atom. The van der Waals surface area contributed by atoms with E-state index in [0.717, 1.165) is 19.0 Å². The van der Waals surface area contributed by atoms with Crippen LogP contribution in [0.4, 0.5) is 0 Å². The van der Waals surface area contributed by atoms with Crippen LogP contribution in [0.1, 0.15) is 51.5 Å². The van der Waals surface area contributed by atoms with Crippen LogP contribution < -0.4 is 10.6 Å². The van der Waals surface area contributed by atoms with E-state index in [1.807, 2.05) is 7.05 Å². The molecule has 0 aliphatic carbocycles. The highest BCUT2D eigenvalue weighted by Gasteiger charge is 2.39. The highest BCUT2D eigenvalue weighted by Crippen LogP contribution is 2.31. The molecular formula is C24H41N5. The molecule has 3 rings (SSSR count). The van der Waals surface area contributed by atoms with E-state index in [9.17, 15) is 0 Å². The van der Waals surface area contributed by atoms with Crippen LogP contribution in [0, 0.1) is 0 Å². The summed E-state index contributed by atoms with van der Waals surface area (Å²) >= 11 is 0. The standard InChI is InChI=1S/C24H41N5/c1-23(2,21-11-7-5-8-12-21)19-26-22(25-3)27-20-24(13-17-28(4)18-14-24)29-15-9-6-10-16-29/h5,7-8,11-12H,6,9-10,13-20H2,1-4H3,(H2,25,26,27). The summed E-state index contributed by atoms with van der Waals surface area (Å²) in [5.74, 6) is 0.921. The van der Waals surface area contributed by atoms with Crippen LogP contribution in [0.5, 0.6) is 0 Å². The molecule has 0 radical (unpaired) electrons. The number of hydrogen-bond donors (Lipinski definition) is 2. The second-order valence-electron chi connectivity index (χ2n) is 9.60. The second-order valence-corrected chi connectivity index (χ2v) is 9.60. The fraction of sp³-hybridized carbons (Fsp3) is 0.708. The second kappa shape index (κ2) is 9.94. The van der Waals surface area contributed by atoms with Crippen molar-refractivity contribution < 1.29 is 0 Å². The summed E-state index contributed by atoms with van der Waals surface area (Å²) in [4.78, 5) is 9.77. The predicted octanol–water partition coefficient (Wildman–Crippen LogP) is 3.08. The third kappa shape index (κ3) is 5.73. The highest BCUT2D eigenvalue weighted by atomic mass is 15.3. The van der Waals surface area contributed by atoms with Crippen LogP contribution in [0.2, 0.25) is 0 Å². The first-order chi connectivity index (χ1) is 14.0. The average molecular weight is 400 g/mol. The Morgan fingerprint density at radius 3 is 2.28 bits per heavy atom. The Balaban J connectivity index is 1.60. The summed E-state index contributed by atoms with van der Waals surface area (Å²) in [7, 11) is 4.13. The number of aliphatic imine (C=N–C) groups is 1. The Morgan fingerprint density at radius 2 is 1.66 bits per heavy atom. The minimum Gasteiger partial charge on any atom is -0.356 e. The molecule has 0 aromatic heterocycles. The average Bonchev–Trinajstić information content (AvgIpc) is 2.76. The van der Waals surface area contributed by atoms with Crippen molar-refractivity contribution in [2.75, 3.05) is 53.4 Å². The van der Waals surface area contributed by atoms with Gasteiger partial charge in [0.05, 0.1) is 0 Å². The van der Waals surface area contributed by atoms with Gasteiger partial charge in [-0.15, -0.1) is 0 Å². The number of guanidine groups is 1. The summed E-state index contributed by atoms with van der Waals surface area (Å²) < 4.78 is 0. The molecule has 0 atom stereocenters. The van der Waals surface area contributed by atoms with Crippen molar-refractivity contribution >= 4 is 5.96 Å². The molecule has 162 valence electrons. The molecule has 0 amide bonds. The van der Waals surface area contributed by atoms with Crippen molar-refractivity contribution in [1.82, 2.24) is 20.4 Å². The van der Waals surface area contributed by atoms with Crippen LogP contribution in [-0.4, -0.2) is 74.7 Å². The van der Waals surface area contributed by atoms with Crippen LogP contribution in [0.25, 0.3) is 0 Å². The molecule has 1 aromatic carbocycles. The van der Waals surface area contributed by atoms with Crippen LogP contribution in [-0.2, 0) is 5.41 Å². The van der Waals surface area contributed by atoms with E-state index in [4.69, 9.17) is 0 Å². The number of benzene rings is 1. The molecule has 0 spiro atoms. The summed E-state index contributed by atoms with van der Waals surface area (Å²) in [6.45, 7) is 11.3. The SMILES string of the molecule is CN=C(NCC(C)(C)c1ccccc1)NCC1(N2CCCCC2)CCN(C)CC1. The fourth-order valence-electron chi connectivity index (χ4n) is 4.77. The first-order valence-electron chi connectivity index (χ1n) is 11.4. The maximum Gasteiger partial charge on any atom is 0.191 e. The molecular weight excluding hydrogens is 358 g/mol. The van der Waals surface area contributed by atoms with Gasteiger partial charge in [-0.05, 0) is 64.5 Å². The van der Waals surface area contributed by atoms with Gasteiger partial charge in [0.2, 0.25) is 0 Å². The molecule has 2 heterocycles. The molecule has 0 unspecified atom stereocenters. The van der Waals surface area contributed by atoms with E-state index in [-0.39, 0.29) is 11.0 Å². The zero-order valence-corrected chi connectivity index (χ0v) is 19.0. The Hall–Kier alpha value is -1.59. The van der Waals surface area contributed by atoms with Gasteiger partial charge in [-0.25, -0.2) is 0 Å². The van der Waals surface area contributed by atoms with Gasteiger partial charge in [0.1, 0.15) is 0 Å². The number of hydrogen-bond acceptors (Lipinski definition) is 3. The van der Waals surface area contributed by atoms with Crippen molar-refractivity contribution in [3.8, 4) is 0 Å². The molecule has 2 N–H and O–H groups in total. The van der Waals surface area contributed by atoms with E-state index in [2.05, 4.69) is 76.7 Å². The van der Waals surface area contributed by atoms with Crippen LogP contribution in [0.3, 0.4) is 0 Å². The molecule has 5 nitrogen and oxygen atoms in total. The topological polar surface area (TPSA) is 42.9 Å². The van der Waals surface area contributed by atoms with Gasteiger partial charge in [0.25, 0.3) is 0 Å². The van der Waals surface area contributed by atoms with Crippen LogP contribution in [0.15, 0.2) is 35.3 Å². The number of piperidine rings is 2. The number of nitrogens with one attached hydrogen (secondary N) is 2. The van der Waals surface area contributed by atoms with Crippen molar-refractivity contribution in [2.24, 2.45) is 4.99 Å².